The molecule has 8 heteroatoms. The van der Waals surface area contributed by atoms with Crippen LogP contribution < -0.4 is 0 Å². The number of hydrogen-bond donors (Lipinski definition) is 4. The van der Waals surface area contributed by atoms with Gasteiger partial charge < -0.3 is 34.6 Å². The minimum Gasteiger partial charge on any atom is -0.466 e. The van der Waals surface area contributed by atoms with Gasteiger partial charge >= 0.3 is 5.97 Å². The van der Waals surface area contributed by atoms with E-state index in [-0.39, 0.29) is 13.2 Å². The Bertz CT molecular complexity index is 1070. The summed E-state index contributed by atoms with van der Waals surface area (Å²) in [5, 5.41) is 43.5. The van der Waals surface area contributed by atoms with E-state index in [0.29, 0.717) is 0 Å². The number of ether oxygens (including phenoxy) is 3. The van der Waals surface area contributed by atoms with Gasteiger partial charge in [0.2, 0.25) is 0 Å². The van der Waals surface area contributed by atoms with Crippen molar-refractivity contribution in [2.75, 3.05) is 13.2 Å². The topological polar surface area (TPSA) is 126 Å². The molecule has 0 unspecified atom stereocenters. The van der Waals surface area contributed by atoms with Gasteiger partial charge in [-0.3, -0.25) is 4.79 Å². The van der Waals surface area contributed by atoms with Crippen LogP contribution in [0.15, 0.2) is 91.0 Å². The van der Waals surface area contributed by atoms with Crippen molar-refractivity contribution in [3.63, 3.8) is 0 Å². The van der Waals surface area contributed by atoms with Crippen LogP contribution in [0.25, 0.3) is 0 Å². The zero-order chi connectivity index (χ0) is 27.3. The monoisotopic (exact) mass is 522 g/mol. The highest BCUT2D eigenvalue weighted by atomic mass is 16.7. The third kappa shape index (κ3) is 5.37. The molecular formula is C30H34O8. The van der Waals surface area contributed by atoms with Gasteiger partial charge in [-0.1, -0.05) is 91.0 Å². The highest BCUT2D eigenvalue weighted by molar-refractivity contribution is 5.74. The summed E-state index contributed by atoms with van der Waals surface area (Å²) in [6.07, 6.45) is -6.36. The van der Waals surface area contributed by atoms with Gasteiger partial charge in [0.05, 0.1) is 13.2 Å². The lowest BCUT2D eigenvalue weighted by Gasteiger charge is -2.46. The first kappa shape index (κ1) is 27.9. The Morgan fingerprint density at radius 3 is 1.76 bits per heavy atom. The molecule has 3 aromatic rings. The molecule has 4 rings (SSSR count). The molecule has 38 heavy (non-hydrogen) atoms. The van der Waals surface area contributed by atoms with E-state index >= 15 is 0 Å². The summed E-state index contributed by atoms with van der Waals surface area (Å²) in [6.45, 7) is 2.45. The molecule has 3 aromatic carbocycles. The number of hydrogen-bond acceptors (Lipinski definition) is 8. The van der Waals surface area contributed by atoms with Gasteiger partial charge in [-0.05, 0) is 30.5 Å². The van der Waals surface area contributed by atoms with E-state index < -0.39 is 47.7 Å². The summed E-state index contributed by atoms with van der Waals surface area (Å²) in [6, 6.07) is 28.6. The van der Waals surface area contributed by atoms with Gasteiger partial charge in [0.1, 0.15) is 35.9 Å². The summed E-state index contributed by atoms with van der Waals surface area (Å²) >= 11 is 0. The smallest absolute Gasteiger partial charge is 0.317 e. The van der Waals surface area contributed by atoms with Crippen LogP contribution in [0.3, 0.4) is 0 Å². The van der Waals surface area contributed by atoms with Crippen molar-refractivity contribution < 1.29 is 39.4 Å². The van der Waals surface area contributed by atoms with Crippen LogP contribution in [0.1, 0.15) is 30.5 Å². The summed E-state index contributed by atoms with van der Waals surface area (Å²) in [4.78, 5) is 12.4. The molecule has 0 radical (unpaired) electrons. The molecule has 0 amide bonds. The molecule has 1 aliphatic rings. The van der Waals surface area contributed by atoms with Crippen LogP contribution >= 0.6 is 0 Å². The highest BCUT2D eigenvalue weighted by Crippen LogP contribution is 2.41. The number of carbonyl (C=O) groups excluding carboxylic acids is 1. The third-order valence-corrected chi connectivity index (χ3v) is 6.91. The number of benzene rings is 3. The van der Waals surface area contributed by atoms with Crippen molar-refractivity contribution in [2.45, 2.75) is 49.7 Å². The molecule has 4 N–H and O–H groups in total. The zero-order valence-corrected chi connectivity index (χ0v) is 21.4. The maximum atomic E-state index is 12.4. The van der Waals surface area contributed by atoms with Crippen molar-refractivity contribution >= 4 is 5.97 Å². The second kappa shape index (κ2) is 11.7. The second-order valence-corrected chi connectivity index (χ2v) is 9.51. The molecule has 0 bridgehead atoms. The van der Waals surface area contributed by atoms with E-state index in [1.54, 1.807) is 6.92 Å². The van der Waals surface area contributed by atoms with Crippen LogP contribution in [-0.2, 0) is 24.6 Å². The molecule has 202 valence electrons. The first-order chi connectivity index (χ1) is 18.2. The lowest BCUT2D eigenvalue weighted by atomic mass is 9.80. The first-order valence-electron chi connectivity index (χ1n) is 12.6. The normalized spacial score (nSPS) is 26.5. The predicted octanol–water partition coefficient (Wildman–Crippen LogP) is 2.36. The Balaban J connectivity index is 1.68. The van der Waals surface area contributed by atoms with Crippen molar-refractivity contribution in [1.29, 1.82) is 0 Å². The van der Waals surface area contributed by atoms with Gasteiger partial charge in [-0.15, -0.1) is 0 Å². The Morgan fingerprint density at radius 2 is 1.34 bits per heavy atom. The van der Waals surface area contributed by atoms with Crippen molar-refractivity contribution in [3.8, 4) is 0 Å². The second-order valence-electron chi connectivity index (χ2n) is 9.51. The van der Waals surface area contributed by atoms with E-state index in [0.717, 1.165) is 16.7 Å². The summed E-state index contributed by atoms with van der Waals surface area (Å²) < 4.78 is 17.1. The quantitative estimate of drug-likeness (QED) is 0.249. The Morgan fingerprint density at radius 1 is 0.895 bits per heavy atom. The molecule has 1 heterocycles. The molecule has 1 saturated heterocycles. The molecule has 8 nitrogen and oxygen atoms in total. The Kier molecular flexibility index (Phi) is 8.62. The van der Waals surface area contributed by atoms with Crippen LogP contribution in [0, 0.1) is 5.92 Å². The number of rotatable bonds is 9. The number of esters is 1. The highest BCUT2D eigenvalue weighted by Gasteiger charge is 2.56. The average molecular weight is 523 g/mol. The molecule has 0 spiro atoms. The fraction of sp³-hybridized carbons (Fsp3) is 0.367. The van der Waals surface area contributed by atoms with Crippen molar-refractivity contribution in [1.82, 2.24) is 0 Å². The fourth-order valence-corrected chi connectivity index (χ4v) is 5.10. The molecular weight excluding hydrogens is 488 g/mol. The number of aliphatic hydroxyl groups excluding tert-OH is 3. The largest absolute Gasteiger partial charge is 0.466 e. The zero-order valence-electron chi connectivity index (χ0n) is 21.4. The van der Waals surface area contributed by atoms with E-state index in [1.165, 1.54) is 6.92 Å². The van der Waals surface area contributed by atoms with Gasteiger partial charge in [0, 0.05) is 0 Å². The van der Waals surface area contributed by atoms with Gasteiger partial charge in [-0.25, -0.2) is 0 Å². The maximum absolute atomic E-state index is 12.4. The molecule has 1 fully saturated rings. The van der Waals surface area contributed by atoms with Crippen LogP contribution in [0.4, 0.5) is 0 Å². The Hall–Kier alpha value is -3.11. The van der Waals surface area contributed by atoms with Crippen molar-refractivity contribution in [2.24, 2.45) is 5.92 Å². The third-order valence-electron chi connectivity index (χ3n) is 6.91. The van der Waals surface area contributed by atoms with Gasteiger partial charge in [0.25, 0.3) is 0 Å². The van der Waals surface area contributed by atoms with Crippen LogP contribution in [-0.4, -0.2) is 69.8 Å². The van der Waals surface area contributed by atoms with E-state index in [9.17, 15) is 25.2 Å². The summed E-state index contributed by atoms with van der Waals surface area (Å²) in [5.74, 6) is -4.67. The predicted molar refractivity (Wildman–Crippen MR) is 139 cm³/mol. The van der Waals surface area contributed by atoms with Gasteiger partial charge in [-0.2, -0.15) is 0 Å². The first-order valence-corrected chi connectivity index (χ1v) is 12.6. The number of aliphatic hydroxyl groups is 4. The fourth-order valence-electron chi connectivity index (χ4n) is 5.10. The minimum absolute atomic E-state index is 0.0225. The SMILES string of the molecule is CCOC(=O)[C@H]1[C@H](O)[C@@H](O)[C@H]([C@H](O)COC(c2ccccc2)(c2ccccc2)c2ccccc2)O[C@@]1(C)O. The molecule has 6 atom stereocenters. The van der Waals surface area contributed by atoms with E-state index in [4.69, 9.17) is 14.2 Å². The summed E-state index contributed by atoms with van der Waals surface area (Å²) in [5.41, 5.74) is 1.29. The van der Waals surface area contributed by atoms with E-state index in [1.807, 2.05) is 91.0 Å². The standard InChI is InChI=1S/C30H34O8/c1-3-36-28(34)24-25(32)26(33)27(38-29(24,2)35)23(31)19-37-30(20-13-7-4-8-14-20,21-15-9-5-10-16-21)22-17-11-6-12-18-22/h4-18,23-27,31-33,35H,3,19H2,1-2H3/t23-,24-,25+,26-,27+,29-/m1/s1. The van der Waals surface area contributed by atoms with Crippen molar-refractivity contribution in [3.05, 3.63) is 108 Å². The minimum atomic E-state index is -2.20. The number of carbonyl (C=O) groups is 1. The summed E-state index contributed by atoms with van der Waals surface area (Å²) in [7, 11) is 0. The van der Waals surface area contributed by atoms with Crippen LogP contribution in [0.2, 0.25) is 0 Å². The lowest BCUT2D eigenvalue weighted by molar-refractivity contribution is -0.334. The average Bonchev–Trinajstić information content (AvgIpc) is 2.93. The van der Waals surface area contributed by atoms with E-state index in [2.05, 4.69) is 0 Å². The maximum Gasteiger partial charge on any atom is 0.317 e. The molecule has 0 aliphatic carbocycles. The lowest BCUT2D eigenvalue weighted by Crippen LogP contribution is -2.65. The molecule has 1 aliphatic heterocycles. The van der Waals surface area contributed by atoms with Crippen LogP contribution in [0.5, 0.6) is 0 Å². The molecule has 0 saturated carbocycles. The molecule has 0 aromatic heterocycles. The Labute approximate surface area is 222 Å². The van der Waals surface area contributed by atoms with Gasteiger partial charge in [0.15, 0.2) is 5.79 Å².